The molecule has 1 aliphatic rings. The number of carbonyl (C=O) groups is 1. The first-order chi connectivity index (χ1) is 8.56. The van der Waals surface area contributed by atoms with E-state index in [4.69, 9.17) is 11.5 Å². The van der Waals surface area contributed by atoms with Crippen molar-refractivity contribution in [3.8, 4) is 0 Å². The molecular formula is C14H21N3O. The lowest BCUT2D eigenvalue weighted by atomic mass is 9.65. The molecule has 0 spiro atoms. The molecular weight excluding hydrogens is 226 g/mol. The van der Waals surface area contributed by atoms with Crippen LogP contribution in [0.4, 0.5) is 0 Å². The first-order valence-corrected chi connectivity index (χ1v) is 6.52. The molecule has 18 heavy (non-hydrogen) atoms. The number of carbonyl (C=O) groups excluding carboxylic acids is 1. The fourth-order valence-electron chi connectivity index (χ4n) is 3.01. The molecule has 4 N–H and O–H groups in total. The van der Waals surface area contributed by atoms with Gasteiger partial charge in [0.05, 0.1) is 5.41 Å². The predicted molar refractivity (Wildman–Crippen MR) is 70.7 cm³/mol. The highest BCUT2D eigenvalue weighted by Gasteiger charge is 2.42. The minimum atomic E-state index is -0.520. The van der Waals surface area contributed by atoms with Crippen LogP contribution in [-0.4, -0.2) is 16.9 Å². The number of primary amides is 1. The van der Waals surface area contributed by atoms with Gasteiger partial charge in [0.2, 0.25) is 5.91 Å². The van der Waals surface area contributed by atoms with Gasteiger partial charge in [-0.1, -0.05) is 0 Å². The summed E-state index contributed by atoms with van der Waals surface area (Å²) in [6, 6.07) is 3.99. The Morgan fingerprint density at radius 2 is 1.94 bits per heavy atom. The molecule has 4 nitrogen and oxygen atoms in total. The average molecular weight is 247 g/mol. The zero-order chi connectivity index (χ0) is 13.2. The second-order valence-electron chi connectivity index (χ2n) is 5.38. The molecule has 98 valence electrons. The summed E-state index contributed by atoms with van der Waals surface area (Å²) in [5, 5.41) is 0. The summed E-state index contributed by atoms with van der Waals surface area (Å²) in [5.41, 5.74) is 12.1. The molecule has 1 aliphatic carbocycles. The van der Waals surface area contributed by atoms with Gasteiger partial charge in [-0.05, 0) is 56.2 Å². The van der Waals surface area contributed by atoms with E-state index in [0.717, 1.165) is 31.2 Å². The van der Waals surface area contributed by atoms with E-state index in [1.165, 1.54) is 0 Å². The topological polar surface area (TPSA) is 82.0 Å². The van der Waals surface area contributed by atoms with Gasteiger partial charge >= 0.3 is 0 Å². The van der Waals surface area contributed by atoms with Crippen molar-refractivity contribution in [3.05, 3.63) is 30.1 Å². The molecule has 2 rings (SSSR count). The number of pyridine rings is 1. The molecule has 0 unspecified atom stereocenters. The zero-order valence-corrected chi connectivity index (χ0v) is 10.8. The van der Waals surface area contributed by atoms with Crippen LogP contribution >= 0.6 is 0 Å². The van der Waals surface area contributed by atoms with Crippen LogP contribution in [0.25, 0.3) is 0 Å². The summed E-state index contributed by atoms with van der Waals surface area (Å²) >= 11 is 0. The number of hydrogen-bond donors (Lipinski definition) is 2. The van der Waals surface area contributed by atoms with Crippen LogP contribution in [0.5, 0.6) is 0 Å². The first-order valence-electron chi connectivity index (χ1n) is 6.52. The minimum Gasteiger partial charge on any atom is -0.369 e. The Labute approximate surface area is 108 Å². The normalized spacial score (nSPS) is 29.8. The largest absolute Gasteiger partial charge is 0.369 e. The van der Waals surface area contributed by atoms with Crippen LogP contribution in [0.1, 0.15) is 38.2 Å². The third-order valence-corrected chi connectivity index (χ3v) is 4.33. The van der Waals surface area contributed by atoms with Crippen LogP contribution in [0.3, 0.4) is 0 Å². The first kappa shape index (κ1) is 13.0. The van der Waals surface area contributed by atoms with Crippen molar-refractivity contribution in [2.24, 2.45) is 17.4 Å². The Bertz CT molecular complexity index is 408. The summed E-state index contributed by atoms with van der Waals surface area (Å²) < 4.78 is 0. The standard InChI is InChI=1S/C14H21N3O/c1-10(15)11-2-6-14(7-3-11,13(16)18)12-4-8-17-9-5-12/h4-5,8-11H,2-3,6-7,15H2,1H3,(H2,16,18)/t10-,11?,14?/m1/s1. The van der Waals surface area contributed by atoms with Gasteiger partial charge in [-0.3, -0.25) is 9.78 Å². The maximum Gasteiger partial charge on any atom is 0.228 e. The molecule has 4 heteroatoms. The van der Waals surface area contributed by atoms with E-state index in [9.17, 15) is 4.79 Å². The molecule has 0 aliphatic heterocycles. The van der Waals surface area contributed by atoms with Crippen LogP contribution in [0, 0.1) is 5.92 Å². The second-order valence-corrected chi connectivity index (χ2v) is 5.38. The maximum absolute atomic E-state index is 11.9. The monoisotopic (exact) mass is 247 g/mol. The minimum absolute atomic E-state index is 0.188. The summed E-state index contributed by atoms with van der Waals surface area (Å²) in [6.45, 7) is 2.04. The summed E-state index contributed by atoms with van der Waals surface area (Å²) in [5.74, 6) is 0.274. The van der Waals surface area contributed by atoms with E-state index in [-0.39, 0.29) is 11.9 Å². The van der Waals surface area contributed by atoms with Gasteiger partial charge in [0.25, 0.3) is 0 Å². The molecule has 0 aromatic carbocycles. The highest BCUT2D eigenvalue weighted by atomic mass is 16.1. The van der Waals surface area contributed by atoms with E-state index in [1.54, 1.807) is 12.4 Å². The lowest BCUT2D eigenvalue weighted by molar-refractivity contribution is -0.125. The fourth-order valence-corrected chi connectivity index (χ4v) is 3.01. The third kappa shape index (κ3) is 2.25. The average Bonchev–Trinajstić information content (AvgIpc) is 2.39. The molecule has 0 bridgehead atoms. The molecule has 1 aromatic heterocycles. The van der Waals surface area contributed by atoms with Gasteiger partial charge in [0, 0.05) is 18.4 Å². The van der Waals surface area contributed by atoms with Crippen molar-refractivity contribution in [2.45, 2.75) is 44.1 Å². The zero-order valence-electron chi connectivity index (χ0n) is 10.8. The van der Waals surface area contributed by atoms with Crippen molar-refractivity contribution in [3.63, 3.8) is 0 Å². The van der Waals surface area contributed by atoms with Gasteiger partial charge in [-0.2, -0.15) is 0 Å². The van der Waals surface area contributed by atoms with Gasteiger partial charge in [-0.25, -0.2) is 0 Å². The van der Waals surface area contributed by atoms with Crippen LogP contribution in [0.15, 0.2) is 24.5 Å². The fraction of sp³-hybridized carbons (Fsp3) is 0.571. The molecule has 1 amide bonds. The predicted octanol–water partition coefficient (Wildman–Crippen LogP) is 1.34. The van der Waals surface area contributed by atoms with E-state index in [2.05, 4.69) is 4.98 Å². The summed E-state index contributed by atoms with van der Waals surface area (Å²) in [4.78, 5) is 15.9. The Balaban J connectivity index is 2.24. The van der Waals surface area contributed by atoms with Gasteiger partial charge < -0.3 is 11.5 Å². The second kappa shape index (κ2) is 5.06. The van der Waals surface area contributed by atoms with E-state index in [1.807, 2.05) is 19.1 Å². The van der Waals surface area contributed by atoms with Crippen molar-refractivity contribution in [1.29, 1.82) is 0 Å². The van der Waals surface area contributed by atoms with Crippen LogP contribution in [0.2, 0.25) is 0 Å². The van der Waals surface area contributed by atoms with Gasteiger partial charge in [-0.15, -0.1) is 0 Å². The molecule has 0 radical (unpaired) electrons. The highest BCUT2D eigenvalue weighted by molar-refractivity contribution is 5.86. The SMILES string of the molecule is C[C@@H](N)C1CCC(C(N)=O)(c2ccncc2)CC1. The Morgan fingerprint density at radius 1 is 1.39 bits per heavy atom. The lowest BCUT2D eigenvalue weighted by Gasteiger charge is -2.39. The third-order valence-electron chi connectivity index (χ3n) is 4.33. The lowest BCUT2D eigenvalue weighted by Crippen LogP contribution is -2.46. The Hall–Kier alpha value is -1.42. The summed E-state index contributed by atoms with van der Waals surface area (Å²) in [6.07, 6.45) is 6.94. The van der Waals surface area contributed by atoms with E-state index >= 15 is 0 Å². The Kier molecular flexibility index (Phi) is 3.66. The van der Waals surface area contributed by atoms with Crippen molar-refractivity contribution in [1.82, 2.24) is 4.98 Å². The number of rotatable bonds is 3. The molecule has 1 aromatic rings. The number of hydrogen-bond acceptors (Lipinski definition) is 3. The van der Waals surface area contributed by atoms with Crippen molar-refractivity contribution < 1.29 is 4.79 Å². The molecule has 1 atom stereocenters. The smallest absolute Gasteiger partial charge is 0.228 e. The molecule has 1 fully saturated rings. The number of nitrogens with two attached hydrogens (primary N) is 2. The van der Waals surface area contributed by atoms with Gasteiger partial charge in [0.1, 0.15) is 0 Å². The van der Waals surface area contributed by atoms with Gasteiger partial charge in [0.15, 0.2) is 0 Å². The van der Waals surface area contributed by atoms with E-state index < -0.39 is 5.41 Å². The van der Waals surface area contributed by atoms with E-state index in [0.29, 0.717) is 5.92 Å². The van der Waals surface area contributed by atoms with Crippen LogP contribution in [-0.2, 0) is 10.2 Å². The van der Waals surface area contributed by atoms with Crippen molar-refractivity contribution in [2.75, 3.05) is 0 Å². The van der Waals surface area contributed by atoms with Crippen LogP contribution < -0.4 is 11.5 Å². The van der Waals surface area contributed by atoms with Crippen molar-refractivity contribution >= 4 is 5.91 Å². The quantitative estimate of drug-likeness (QED) is 0.845. The number of aromatic nitrogens is 1. The molecule has 0 saturated heterocycles. The Morgan fingerprint density at radius 3 is 2.39 bits per heavy atom. The molecule has 1 saturated carbocycles. The number of amides is 1. The summed E-state index contributed by atoms with van der Waals surface area (Å²) in [7, 11) is 0. The maximum atomic E-state index is 11.9. The number of nitrogens with zero attached hydrogens (tertiary/aromatic N) is 1. The highest BCUT2D eigenvalue weighted by Crippen LogP contribution is 2.41. The molecule has 1 heterocycles.